The number of aliphatic carboxylic acids is 1. The molecule has 0 amide bonds. The van der Waals surface area contributed by atoms with Crippen LogP contribution < -0.4 is 4.74 Å². The molecule has 5 rings (SSSR count). The first-order valence-electron chi connectivity index (χ1n) is 11.7. The lowest BCUT2D eigenvalue weighted by molar-refractivity contribution is -0.136. The number of hydrogen-bond acceptors (Lipinski definition) is 5. The van der Waals surface area contributed by atoms with Crippen LogP contribution in [0.2, 0.25) is 0 Å². The lowest BCUT2D eigenvalue weighted by Gasteiger charge is -2.07. The van der Waals surface area contributed by atoms with E-state index in [9.17, 15) is 4.79 Å². The number of pyridine rings is 1. The zero-order chi connectivity index (χ0) is 24.7. The lowest BCUT2D eigenvalue weighted by atomic mass is 10.0. The van der Waals surface area contributed by atoms with E-state index in [1.165, 1.54) is 0 Å². The molecule has 5 aromatic rings. The molecule has 0 saturated carbocycles. The topological polar surface area (TPSA) is 77.2 Å². The Bertz CT molecular complexity index is 1430. The first-order valence-corrected chi connectivity index (χ1v) is 12.5. The van der Waals surface area contributed by atoms with Crippen molar-refractivity contribution in [3.8, 4) is 27.4 Å². The minimum Gasteiger partial charge on any atom is -0.487 e. The highest BCUT2D eigenvalue weighted by atomic mass is 32.1. The van der Waals surface area contributed by atoms with Gasteiger partial charge in [-0.1, -0.05) is 42.5 Å². The van der Waals surface area contributed by atoms with Gasteiger partial charge in [-0.25, -0.2) is 4.98 Å². The Morgan fingerprint density at radius 1 is 0.944 bits per heavy atom. The van der Waals surface area contributed by atoms with Crippen molar-refractivity contribution in [2.24, 2.45) is 0 Å². The van der Waals surface area contributed by atoms with Crippen LogP contribution in [0.3, 0.4) is 0 Å². The van der Waals surface area contributed by atoms with Crippen LogP contribution in [0.5, 0.6) is 5.75 Å². The molecular weight excluding hydrogens is 470 g/mol. The highest BCUT2D eigenvalue weighted by molar-refractivity contribution is 7.13. The van der Waals surface area contributed by atoms with E-state index in [1.807, 2.05) is 47.8 Å². The van der Waals surface area contributed by atoms with Crippen molar-refractivity contribution in [1.82, 2.24) is 14.5 Å². The van der Waals surface area contributed by atoms with Gasteiger partial charge in [0.1, 0.15) is 17.4 Å². The molecule has 0 atom stereocenters. The minimum absolute atomic E-state index is 0.110. The van der Waals surface area contributed by atoms with Gasteiger partial charge < -0.3 is 14.4 Å². The van der Waals surface area contributed by atoms with Crippen LogP contribution in [0.1, 0.15) is 23.2 Å². The lowest BCUT2D eigenvalue weighted by Crippen LogP contribution is -1.99. The third-order valence-electron chi connectivity index (χ3n) is 5.81. The van der Waals surface area contributed by atoms with E-state index in [0.717, 1.165) is 44.3 Å². The second-order valence-electron chi connectivity index (χ2n) is 8.44. The van der Waals surface area contributed by atoms with Crippen LogP contribution in [-0.2, 0) is 24.4 Å². The Hall–Kier alpha value is -4.23. The number of aromatic nitrogens is 3. The van der Waals surface area contributed by atoms with Gasteiger partial charge in [0.25, 0.3) is 0 Å². The van der Waals surface area contributed by atoms with Gasteiger partial charge in [-0.05, 0) is 47.4 Å². The summed E-state index contributed by atoms with van der Waals surface area (Å²) >= 11 is 1.59. The van der Waals surface area contributed by atoms with Crippen molar-refractivity contribution in [2.75, 3.05) is 0 Å². The summed E-state index contributed by atoms with van der Waals surface area (Å²) in [5.41, 5.74) is 6.29. The molecule has 0 bridgehead atoms. The maximum absolute atomic E-state index is 11.1. The number of carboxylic acid groups (broad SMARTS) is 1. The zero-order valence-corrected chi connectivity index (χ0v) is 20.4. The van der Waals surface area contributed by atoms with Crippen molar-refractivity contribution < 1.29 is 14.6 Å². The highest BCUT2D eigenvalue weighted by Gasteiger charge is 2.11. The number of carboxylic acids is 1. The van der Waals surface area contributed by atoms with E-state index < -0.39 is 5.97 Å². The number of benzene rings is 2. The van der Waals surface area contributed by atoms with Gasteiger partial charge in [0, 0.05) is 54.3 Å². The van der Waals surface area contributed by atoms with E-state index >= 15 is 0 Å². The molecule has 36 heavy (non-hydrogen) atoms. The number of aryl methyl sites for hydroxylation is 1. The fraction of sp³-hybridized carbons (Fsp3) is 0.138. The number of carbonyl (C=O) groups is 1. The molecule has 180 valence electrons. The fourth-order valence-electron chi connectivity index (χ4n) is 4.02. The molecule has 0 aliphatic heterocycles. The summed E-state index contributed by atoms with van der Waals surface area (Å²) in [4.78, 5) is 19.8. The largest absolute Gasteiger partial charge is 0.487 e. The molecular formula is C29H25N3O3S. The maximum atomic E-state index is 11.1. The van der Waals surface area contributed by atoms with Crippen LogP contribution >= 0.6 is 11.3 Å². The van der Waals surface area contributed by atoms with Gasteiger partial charge in [0.2, 0.25) is 0 Å². The number of ether oxygens (including phenoxy) is 1. The Labute approximate surface area is 213 Å². The average molecular weight is 496 g/mol. The van der Waals surface area contributed by atoms with E-state index in [2.05, 4.69) is 51.2 Å². The average Bonchev–Trinajstić information content (AvgIpc) is 3.55. The van der Waals surface area contributed by atoms with E-state index in [0.29, 0.717) is 19.6 Å². The monoisotopic (exact) mass is 495 g/mol. The van der Waals surface area contributed by atoms with Crippen molar-refractivity contribution in [2.45, 2.75) is 26.0 Å². The minimum atomic E-state index is -0.788. The smallest absolute Gasteiger partial charge is 0.303 e. The first-order chi connectivity index (χ1) is 17.6. The van der Waals surface area contributed by atoms with Gasteiger partial charge in [-0.3, -0.25) is 9.78 Å². The van der Waals surface area contributed by atoms with Crippen LogP contribution in [-0.4, -0.2) is 25.6 Å². The third-order valence-corrected chi connectivity index (χ3v) is 6.75. The summed E-state index contributed by atoms with van der Waals surface area (Å²) in [5, 5.41) is 12.1. The van der Waals surface area contributed by atoms with E-state index in [4.69, 9.17) is 9.84 Å². The molecule has 7 heteroatoms. The molecule has 3 heterocycles. The zero-order valence-electron chi connectivity index (χ0n) is 19.6. The van der Waals surface area contributed by atoms with Crippen molar-refractivity contribution in [3.05, 3.63) is 114 Å². The standard InChI is InChI=1S/C29H25N3O3S/c33-28(34)11-8-24-17-32(18-27(24)22-4-2-1-3-5-22)16-21-6-9-26(10-7-21)35-19-25-20-36-29(31-25)23-12-14-30-15-13-23/h1-7,9-10,12-15,17-18,20H,8,11,16,19H2,(H,33,34). The summed E-state index contributed by atoms with van der Waals surface area (Å²) in [6.07, 6.45) is 8.29. The van der Waals surface area contributed by atoms with Crippen molar-refractivity contribution >= 4 is 17.3 Å². The molecule has 0 aliphatic carbocycles. The van der Waals surface area contributed by atoms with Crippen LogP contribution in [0, 0.1) is 0 Å². The molecule has 0 radical (unpaired) electrons. The van der Waals surface area contributed by atoms with Crippen molar-refractivity contribution in [3.63, 3.8) is 0 Å². The Morgan fingerprint density at radius 3 is 2.47 bits per heavy atom. The number of nitrogens with zero attached hydrogens (tertiary/aromatic N) is 3. The Morgan fingerprint density at radius 2 is 1.72 bits per heavy atom. The van der Waals surface area contributed by atoms with E-state index in [1.54, 1.807) is 23.7 Å². The predicted molar refractivity (Wildman–Crippen MR) is 141 cm³/mol. The van der Waals surface area contributed by atoms with Crippen molar-refractivity contribution in [1.29, 1.82) is 0 Å². The first kappa shape index (κ1) is 23.5. The second kappa shape index (κ2) is 11.0. The summed E-state index contributed by atoms with van der Waals surface area (Å²) < 4.78 is 8.07. The summed E-state index contributed by atoms with van der Waals surface area (Å²) in [5.74, 6) is 0.000399. The van der Waals surface area contributed by atoms with Gasteiger partial charge >= 0.3 is 5.97 Å². The van der Waals surface area contributed by atoms with Gasteiger partial charge in [-0.2, -0.15) is 0 Å². The molecule has 0 saturated heterocycles. The normalized spacial score (nSPS) is 10.9. The summed E-state index contributed by atoms with van der Waals surface area (Å²) in [7, 11) is 0. The maximum Gasteiger partial charge on any atom is 0.303 e. The van der Waals surface area contributed by atoms with Crippen LogP contribution in [0.25, 0.3) is 21.7 Å². The molecule has 0 unspecified atom stereocenters. The highest BCUT2D eigenvalue weighted by Crippen LogP contribution is 2.27. The second-order valence-corrected chi connectivity index (χ2v) is 9.30. The number of thiazole rings is 1. The molecule has 1 N–H and O–H groups in total. The fourth-order valence-corrected chi connectivity index (χ4v) is 4.84. The molecule has 2 aromatic carbocycles. The molecule has 0 aliphatic rings. The van der Waals surface area contributed by atoms with Gasteiger partial charge in [0.15, 0.2) is 0 Å². The predicted octanol–water partition coefficient (Wildman–Crippen LogP) is 6.32. The molecule has 0 fully saturated rings. The van der Waals surface area contributed by atoms with E-state index in [-0.39, 0.29) is 6.42 Å². The summed E-state index contributed by atoms with van der Waals surface area (Å²) in [6, 6.07) is 22.0. The van der Waals surface area contributed by atoms with Gasteiger partial charge in [-0.15, -0.1) is 11.3 Å². The van der Waals surface area contributed by atoms with Crippen LogP contribution in [0.15, 0.2) is 96.9 Å². The van der Waals surface area contributed by atoms with Gasteiger partial charge in [0.05, 0.1) is 5.69 Å². The van der Waals surface area contributed by atoms with Crippen LogP contribution in [0.4, 0.5) is 0 Å². The Kier molecular flexibility index (Phi) is 7.19. The SMILES string of the molecule is O=C(O)CCc1cn(Cc2ccc(OCc3csc(-c4ccncc4)n3)cc2)cc1-c1ccccc1. The summed E-state index contributed by atoms with van der Waals surface area (Å²) in [6.45, 7) is 1.10. The number of hydrogen-bond donors (Lipinski definition) is 1. The molecule has 3 aromatic heterocycles. The quantitative estimate of drug-likeness (QED) is 0.245. The third kappa shape index (κ3) is 5.87. The molecule has 0 spiro atoms. The molecule has 6 nitrogen and oxygen atoms in total. The Balaban J connectivity index is 1.23. The number of rotatable bonds is 10.